The van der Waals surface area contributed by atoms with Crippen molar-refractivity contribution < 1.29 is 4.42 Å². The highest BCUT2D eigenvalue weighted by molar-refractivity contribution is 5.22. The lowest BCUT2D eigenvalue weighted by molar-refractivity contribution is 0.459. The highest BCUT2D eigenvalue weighted by Crippen LogP contribution is 2.26. The van der Waals surface area contributed by atoms with Gasteiger partial charge in [0.25, 0.3) is 0 Å². The molecule has 5 nitrogen and oxygen atoms in total. The van der Waals surface area contributed by atoms with Crippen LogP contribution in [0, 0.1) is 5.92 Å². The Morgan fingerprint density at radius 3 is 2.81 bits per heavy atom. The van der Waals surface area contributed by atoms with Crippen LogP contribution in [0.3, 0.4) is 0 Å². The number of nitrogens with zero attached hydrogens (tertiary/aromatic N) is 3. The molecule has 1 N–H and O–H groups in total. The van der Waals surface area contributed by atoms with Crippen LogP contribution in [-0.4, -0.2) is 30.8 Å². The monoisotopic (exact) mass is 224 g/mol. The Bertz CT molecular complexity index is 320. The van der Waals surface area contributed by atoms with Crippen LogP contribution in [0.4, 0.5) is 6.01 Å². The Kier molecular flexibility index (Phi) is 3.77. The predicted molar refractivity (Wildman–Crippen MR) is 62.3 cm³/mol. The number of hydrogen-bond donors (Lipinski definition) is 1. The van der Waals surface area contributed by atoms with Gasteiger partial charge in [0.2, 0.25) is 5.89 Å². The second-order valence-electron chi connectivity index (χ2n) is 4.54. The Hall–Kier alpha value is -1.10. The van der Waals surface area contributed by atoms with Crippen molar-refractivity contribution in [2.45, 2.75) is 32.2 Å². The van der Waals surface area contributed by atoms with Crippen LogP contribution in [0.5, 0.6) is 0 Å². The SMILES string of the molecule is CNCc1nnc(N(C)CC2CCCC2)o1. The van der Waals surface area contributed by atoms with Crippen LogP contribution in [-0.2, 0) is 6.54 Å². The van der Waals surface area contributed by atoms with Gasteiger partial charge in [-0.15, -0.1) is 5.10 Å². The van der Waals surface area contributed by atoms with Gasteiger partial charge in [-0.1, -0.05) is 17.9 Å². The van der Waals surface area contributed by atoms with Crippen molar-refractivity contribution in [1.29, 1.82) is 0 Å². The van der Waals surface area contributed by atoms with E-state index in [9.17, 15) is 0 Å². The predicted octanol–water partition coefficient (Wildman–Crippen LogP) is 1.42. The molecule has 1 fully saturated rings. The topological polar surface area (TPSA) is 54.2 Å². The number of hydrogen-bond acceptors (Lipinski definition) is 5. The molecule has 0 unspecified atom stereocenters. The molecule has 0 atom stereocenters. The van der Waals surface area contributed by atoms with Crippen molar-refractivity contribution in [2.75, 3.05) is 25.5 Å². The number of anilines is 1. The van der Waals surface area contributed by atoms with Gasteiger partial charge >= 0.3 is 6.01 Å². The molecule has 2 rings (SSSR count). The summed E-state index contributed by atoms with van der Waals surface area (Å²) in [5, 5.41) is 11.0. The Labute approximate surface area is 96.2 Å². The highest BCUT2D eigenvalue weighted by Gasteiger charge is 2.19. The van der Waals surface area contributed by atoms with Gasteiger partial charge in [0.15, 0.2) is 0 Å². The second-order valence-corrected chi connectivity index (χ2v) is 4.54. The third kappa shape index (κ3) is 2.72. The van der Waals surface area contributed by atoms with Crippen LogP contribution in [0.15, 0.2) is 4.42 Å². The summed E-state index contributed by atoms with van der Waals surface area (Å²) in [6.07, 6.45) is 5.41. The first-order valence-corrected chi connectivity index (χ1v) is 5.97. The maximum atomic E-state index is 5.54. The molecule has 0 aliphatic heterocycles. The van der Waals surface area contributed by atoms with E-state index >= 15 is 0 Å². The van der Waals surface area contributed by atoms with E-state index in [-0.39, 0.29) is 0 Å². The van der Waals surface area contributed by atoms with E-state index in [1.54, 1.807) is 0 Å². The van der Waals surface area contributed by atoms with Gasteiger partial charge < -0.3 is 14.6 Å². The summed E-state index contributed by atoms with van der Waals surface area (Å²) in [6, 6.07) is 0.636. The van der Waals surface area contributed by atoms with Crippen LogP contribution in [0.2, 0.25) is 0 Å². The van der Waals surface area contributed by atoms with Crippen molar-refractivity contribution in [3.05, 3.63) is 5.89 Å². The summed E-state index contributed by atoms with van der Waals surface area (Å²) >= 11 is 0. The minimum atomic E-state index is 0.629. The van der Waals surface area contributed by atoms with E-state index < -0.39 is 0 Å². The zero-order chi connectivity index (χ0) is 11.4. The zero-order valence-corrected chi connectivity index (χ0v) is 10.1. The molecular formula is C11H20N4O. The normalized spacial score (nSPS) is 16.9. The molecule has 16 heavy (non-hydrogen) atoms. The molecule has 90 valence electrons. The number of aromatic nitrogens is 2. The average Bonchev–Trinajstić information content (AvgIpc) is 2.89. The Balaban J connectivity index is 1.89. The first-order valence-electron chi connectivity index (χ1n) is 5.97. The van der Waals surface area contributed by atoms with Crippen molar-refractivity contribution >= 4 is 6.01 Å². The summed E-state index contributed by atoms with van der Waals surface area (Å²) in [4.78, 5) is 2.07. The van der Waals surface area contributed by atoms with Gasteiger partial charge in [-0.2, -0.15) is 0 Å². The maximum absolute atomic E-state index is 5.54. The molecule has 0 radical (unpaired) electrons. The van der Waals surface area contributed by atoms with Gasteiger partial charge in [0, 0.05) is 13.6 Å². The van der Waals surface area contributed by atoms with E-state index in [4.69, 9.17) is 4.42 Å². The highest BCUT2D eigenvalue weighted by atomic mass is 16.4. The summed E-state index contributed by atoms with van der Waals surface area (Å²) in [5.41, 5.74) is 0. The van der Waals surface area contributed by atoms with Gasteiger partial charge in [0.1, 0.15) is 0 Å². The fourth-order valence-electron chi connectivity index (χ4n) is 2.28. The van der Waals surface area contributed by atoms with E-state index in [2.05, 4.69) is 20.4 Å². The molecule has 0 bridgehead atoms. The molecule has 5 heteroatoms. The standard InChI is InChI=1S/C11H20N4O/c1-12-7-10-13-14-11(16-10)15(2)8-9-5-3-4-6-9/h9,12H,3-8H2,1-2H3. The number of rotatable bonds is 5. The Morgan fingerprint density at radius 1 is 1.38 bits per heavy atom. The molecule has 1 aliphatic rings. The maximum Gasteiger partial charge on any atom is 0.317 e. The van der Waals surface area contributed by atoms with Gasteiger partial charge in [-0.3, -0.25) is 0 Å². The fraction of sp³-hybridized carbons (Fsp3) is 0.818. The summed E-state index contributed by atoms with van der Waals surface area (Å²) < 4.78 is 5.54. The van der Waals surface area contributed by atoms with Gasteiger partial charge in [0.05, 0.1) is 6.54 Å². The number of nitrogens with one attached hydrogen (secondary N) is 1. The largest absolute Gasteiger partial charge is 0.407 e. The molecule has 1 aliphatic carbocycles. The summed E-state index contributed by atoms with van der Waals surface area (Å²) in [5.74, 6) is 1.44. The second kappa shape index (κ2) is 5.30. The van der Waals surface area contributed by atoms with E-state index in [0.717, 1.165) is 12.5 Å². The molecule has 1 aromatic rings. The van der Waals surface area contributed by atoms with Crippen LogP contribution >= 0.6 is 0 Å². The first kappa shape index (κ1) is 11.4. The van der Waals surface area contributed by atoms with Crippen molar-refractivity contribution in [3.8, 4) is 0 Å². The minimum Gasteiger partial charge on any atom is -0.407 e. The molecule has 1 aromatic heterocycles. The molecule has 0 aromatic carbocycles. The molecule has 1 saturated carbocycles. The van der Waals surface area contributed by atoms with Gasteiger partial charge in [-0.25, -0.2) is 0 Å². The molecule has 1 heterocycles. The molecular weight excluding hydrogens is 204 g/mol. The smallest absolute Gasteiger partial charge is 0.317 e. The van der Waals surface area contributed by atoms with Gasteiger partial charge in [-0.05, 0) is 25.8 Å². The van der Waals surface area contributed by atoms with Crippen molar-refractivity contribution in [2.24, 2.45) is 5.92 Å². The fourth-order valence-corrected chi connectivity index (χ4v) is 2.28. The van der Waals surface area contributed by atoms with Crippen LogP contribution in [0.1, 0.15) is 31.6 Å². The summed E-state index contributed by atoms with van der Waals surface area (Å²) in [7, 11) is 3.89. The molecule has 0 amide bonds. The van der Waals surface area contributed by atoms with Crippen LogP contribution < -0.4 is 10.2 Å². The van der Waals surface area contributed by atoms with Crippen LogP contribution in [0.25, 0.3) is 0 Å². The van der Waals surface area contributed by atoms with Crippen molar-refractivity contribution in [3.63, 3.8) is 0 Å². The first-order chi connectivity index (χ1) is 7.79. The quantitative estimate of drug-likeness (QED) is 0.819. The third-order valence-corrected chi connectivity index (χ3v) is 3.12. The summed E-state index contributed by atoms with van der Waals surface area (Å²) in [6.45, 7) is 1.66. The lowest BCUT2D eigenvalue weighted by Crippen LogP contribution is -2.24. The van der Waals surface area contributed by atoms with E-state index in [1.807, 2.05) is 14.1 Å². The van der Waals surface area contributed by atoms with Crippen molar-refractivity contribution in [1.82, 2.24) is 15.5 Å². The van der Waals surface area contributed by atoms with E-state index in [0.29, 0.717) is 18.5 Å². The average molecular weight is 224 g/mol. The Morgan fingerprint density at radius 2 is 2.12 bits per heavy atom. The minimum absolute atomic E-state index is 0.629. The molecule has 0 spiro atoms. The van der Waals surface area contributed by atoms with E-state index in [1.165, 1.54) is 25.7 Å². The lowest BCUT2D eigenvalue weighted by atomic mass is 10.1. The zero-order valence-electron chi connectivity index (χ0n) is 10.1. The lowest BCUT2D eigenvalue weighted by Gasteiger charge is -2.18. The third-order valence-electron chi connectivity index (χ3n) is 3.12. The molecule has 0 saturated heterocycles.